The molecule has 0 radical (unpaired) electrons. The molecule has 104 valence electrons. The van der Waals surface area contributed by atoms with Gasteiger partial charge in [0, 0.05) is 7.11 Å². The van der Waals surface area contributed by atoms with Crippen molar-refractivity contribution in [2.45, 2.75) is 13.1 Å². The quantitative estimate of drug-likeness (QED) is 0.762. The molecule has 0 N–H and O–H groups in total. The summed E-state index contributed by atoms with van der Waals surface area (Å²) in [6.45, 7) is 2.14. The fourth-order valence-corrected chi connectivity index (χ4v) is 4.32. The summed E-state index contributed by atoms with van der Waals surface area (Å²) in [5.41, 5.74) is 0.861. The molecule has 5 nitrogen and oxygen atoms in total. The number of ether oxygens (including phenoxy) is 1. The van der Waals surface area contributed by atoms with Gasteiger partial charge in [0.25, 0.3) is 0 Å². The summed E-state index contributed by atoms with van der Waals surface area (Å²) in [6, 6.07) is 5.64. The van der Waals surface area contributed by atoms with Crippen molar-refractivity contribution in [3.63, 3.8) is 0 Å². The zero-order valence-electron chi connectivity index (χ0n) is 11.1. The molecule has 0 bridgehead atoms. The Morgan fingerprint density at radius 3 is 2.79 bits per heavy atom. The molecule has 0 aliphatic carbocycles. The second-order valence-electron chi connectivity index (χ2n) is 3.81. The number of aromatic nitrogens is 1. The molecular formula is C12H16NO4PS. The van der Waals surface area contributed by atoms with Gasteiger partial charge in [-0.3, -0.25) is 4.57 Å². The Hall–Kier alpha value is -0.940. The molecule has 1 unspecified atom stereocenters. The van der Waals surface area contributed by atoms with Crippen LogP contribution in [0.25, 0.3) is 10.2 Å². The van der Waals surface area contributed by atoms with Crippen molar-refractivity contribution in [3.05, 3.63) is 23.2 Å². The first-order valence-corrected chi connectivity index (χ1v) is 8.37. The minimum absolute atomic E-state index is 0.193. The molecule has 7 heteroatoms. The molecule has 0 saturated heterocycles. The van der Waals surface area contributed by atoms with Gasteiger partial charge in [-0.1, -0.05) is 0 Å². The molecule has 2 rings (SSSR count). The van der Waals surface area contributed by atoms with Gasteiger partial charge in [0.2, 0.25) is 0 Å². The number of methoxy groups -OCH3 is 1. The molecule has 0 aliphatic heterocycles. The fraction of sp³-hybridized carbons (Fsp3) is 0.417. The maximum absolute atomic E-state index is 12.2. The van der Waals surface area contributed by atoms with E-state index in [9.17, 15) is 4.57 Å². The lowest BCUT2D eigenvalue weighted by molar-refractivity contribution is 0.243. The molecular weight excluding hydrogens is 285 g/mol. The zero-order chi connectivity index (χ0) is 13.9. The Kier molecular flexibility index (Phi) is 4.58. The molecule has 0 amide bonds. The number of benzene rings is 1. The molecule has 19 heavy (non-hydrogen) atoms. The van der Waals surface area contributed by atoms with Crippen LogP contribution >= 0.6 is 18.9 Å². The van der Waals surface area contributed by atoms with E-state index in [0.29, 0.717) is 6.61 Å². The van der Waals surface area contributed by atoms with Crippen LogP contribution in [0, 0.1) is 0 Å². The summed E-state index contributed by atoms with van der Waals surface area (Å²) in [5, 5.41) is 0.738. The lowest BCUT2D eigenvalue weighted by atomic mass is 10.3. The third-order valence-corrected chi connectivity index (χ3v) is 5.70. The first-order chi connectivity index (χ1) is 9.10. The maximum atomic E-state index is 12.2. The van der Waals surface area contributed by atoms with Crippen molar-refractivity contribution in [3.8, 4) is 5.75 Å². The van der Waals surface area contributed by atoms with Gasteiger partial charge in [0.05, 0.1) is 23.9 Å². The second-order valence-corrected chi connectivity index (χ2v) is 7.09. The first-order valence-electron chi connectivity index (χ1n) is 5.83. The highest BCUT2D eigenvalue weighted by molar-refractivity contribution is 7.53. The topological polar surface area (TPSA) is 57.7 Å². The van der Waals surface area contributed by atoms with Gasteiger partial charge in [-0.15, -0.1) is 11.3 Å². The standard InChI is InChI=1S/C12H16NO4PS/c1-4-17-18(14,16-3)8-12-13-10-6-5-9(15-2)7-11(10)19-12/h5-7H,4,8H2,1-3H3. The fourth-order valence-electron chi connectivity index (χ4n) is 1.67. The molecule has 0 spiro atoms. The average molecular weight is 301 g/mol. The van der Waals surface area contributed by atoms with Crippen LogP contribution in [-0.2, 0) is 19.8 Å². The number of nitrogens with zero attached hydrogens (tertiary/aromatic N) is 1. The largest absolute Gasteiger partial charge is 0.497 e. The van der Waals surface area contributed by atoms with Crippen molar-refractivity contribution in [1.29, 1.82) is 0 Å². The monoisotopic (exact) mass is 301 g/mol. The third-order valence-electron chi connectivity index (χ3n) is 2.57. The van der Waals surface area contributed by atoms with E-state index in [0.717, 1.165) is 21.0 Å². The van der Waals surface area contributed by atoms with Crippen LogP contribution in [0.4, 0.5) is 0 Å². The Labute approximate surface area is 116 Å². The molecule has 1 atom stereocenters. The van der Waals surface area contributed by atoms with Crippen LogP contribution < -0.4 is 4.74 Å². The highest BCUT2D eigenvalue weighted by Crippen LogP contribution is 2.51. The third kappa shape index (κ3) is 3.34. The highest BCUT2D eigenvalue weighted by atomic mass is 32.1. The van der Waals surface area contributed by atoms with E-state index in [1.807, 2.05) is 18.2 Å². The highest BCUT2D eigenvalue weighted by Gasteiger charge is 2.25. The summed E-state index contributed by atoms with van der Waals surface area (Å²) in [4.78, 5) is 4.43. The van der Waals surface area contributed by atoms with Crippen LogP contribution in [0.1, 0.15) is 11.9 Å². The lowest BCUT2D eigenvalue weighted by Crippen LogP contribution is -1.95. The maximum Gasteiger partial charge on any atom is 0.337 e. The van der Waals surface area contributed by atoms with E-state index >= 15 is 0 Å². The number of fused-ring (bicyclic) bond motifs is 1. The molecule has 0 saturated carbocycles. The summed E-state index contributed by atoms with van der Waals surface area (Å²) < 4.78 is 28.6. The number of rotatable bonds is 6. The Balaban J connectivity index is 2.28. The van der Waals surface area contributed by atoms with Crippen LogP contribution in [0.2, 0.25) is 0 Å². The summed E-state index contributed by atoms with van der Waals surface area (Å²) >= 11 is 1.47. The van der Waals surface area contributed by atoms with Crippen molar-refractivity contribution in [1.82, 2.24) is 4.98 Å². The van der Waals surface area contributed by atoms with Crippen molar-refractivity contribution < 1.29 is 18.3 Å². The van der Waals surface area contributed by atoms with Crippen molar-refractivity contribution in [2.75, 3.05) is 20.8 Å². The predicted octanol–water partition coefficient (Wildman–Crippen LogP) is 3.68. The van der Waals surface area contributed by atoms with Crippen LogP contribution in [0.5, 0.6) is 5.75 Å². The average Bonchev–Trinajstić information content (AvgIpc) is 2.79. The van der Waals surface area contributed by atoms with Crippen LogP contribution in [0.15, 0.2) is 18.2 Å². The van der Waals surface area contributed by atoms with Gasteiger partial charge in [0.15, 0.2) is 0 Å². The minimum Gasteiger partial charge on any atom is -0.497 e. The number of hydrogen-bond donors (Lipinski definition) is 0. The van der Waals surface area contributed by atoms with E-state index in [4.69, 9.17) is 13.8 Å². The van der Waals surface area contributed by atoms with Gasteiger partial charge in [-0.05, 0) is 25.1 Å². The van der Waals surface area contributed by atoms with E-state index in [1.165, 1.54) is 18.4 Å². The van der Waals surface area contributed by atoms with Crippen molar-refractivity contribution in [2.24, 2.45) is 0 Å². The Bertz CT molecular complexity index is 613. The van der Waals surface area contributed by atoms with E-state index in [-0.39, 0.29) is 6.16 Å². The summed E-state index contributed by atoms with van der Waals surface area (Å²) in [5.74, 6) is 0.780. The molecule has 1 aromatic carbocycles. The SMILES string of the molecule is CCOP(=O)(Cc1nc2ccc(OC)cc2s1)OC. The van der Waals surface area contributed by atoms with E-state index < -0.39 is 7.60 Å². The van der Waals surface area contributed by atoms with Gasteiger partial charge in [-0.2, -0.15) is 0 Å². The van der Waals surface area contributed by atoms with Gasteiger partial charge < -0.3 is 13.8 Å². The molecule has 2 aromatic rings. The van der Waals surface area contributed by atoms with Gasteiger partial charge in [-0.25, -0.2) is 4.98 Å². The molecule has 1 aromatic heterocycles. The zero-order valence-corrected chi connectivity index (χ0v) is 12.8. The van der Waals surface area contributed by atoms with Gasteiger partial charge >= 0.3 is 7.60 Å². The number of hydrogen-bond acceptors (Lipinski definition) is 6. The Morgan fingerprint density at radius 2 is 2.16 bits per heavy atom. The molecule has 0 aliphatic rings. The van der Waals surface area contributed by atoms with Crippen molar-refractivity contribution >= 4 is 29.1 Å². The molecule has 1 heterocycles. The predicted molar refractivity (Wildman–Crippen MR) is 76.1 cm³/mol. The minimum atomic E-state index is -3.08. The van der Waals surface area contributed by atoms with Crippen LogP contribution in [0.3, 0.4) is 0 Å². The second kappa shape index (κ2) is 6.01. The van der Waals surface area contributed by atoms with Crippen LogP contribution in [-0.4, -0.2) is 25.8 Å². The van der Waals surface area contributed by atoms with E-state index in [2.05, 4.69) is 4.98 Å². The van der Waals surface area contributed by atoms with E-state index in [1.54, 1.807) is 14.0 Å². The Morgan fingerprint density at radius 1 is 1.37 bits per heavy atom. The smallest absolute Gasteiger partial charge is 0.337 e. The summed E-state index contributed by atoms with van der Waals surface area (Å²) in [7, 11) is -0.0616. The first kappa shape index (κ1) is 14.5. The summed E-state index contributed by atoms with van der Waals surface area (Å²) in [6.07, 6.45) is 0.193. The normalized spacial score (nSPS) is 14.5. The van der Waals surface area contributed by atoms with Gasteiger partial charge in [0.1, 0.15) is 16.9 Å². The lowest BCUT2D eigenvalue weighted by Gasteiger charge is -2.13. The molecule has 0 fully saturated rings. The number of thiazole rings is 1.